The number of carboxylic acids is 1. The van der Waals surface area contributed by atoms with E-state index >= 15 is 0 Å². The molecule has 2 aromatic carbocycles. The summed E-state index contributed by atoms with van der Waals surface area (Å²) in [6, 6.07) is 10.9. The van der Waals surface area contributed by atoms with Crippen molar-refractivity contribution in [1.29, 1.82) is 0 Å². The lowest BCUT2D eigenvalue weighted by Gasteiger charge is -2.36. The molecule has 1 amide bonds. The fourth-order valence-electron chi connectivity index (χ4n) is 5.10. The number of carbonyl (C=O) groups excluding carboxylic acids is 1. The molecular formula is C31H45N3O8S. The van der Waals surface area contributed by atoms with Gasteiger partial charge in [-0.05, 0) is 76.1 Å². The molecule has 12 heteroatoms. The van der Waals surface area contributed by atoms with Gasteiger partial charge in [0.1, 0.15) is 5.75 Å². The number of benzene rings is 2. The molecule has 0 saturated heterocycles. The van der Waals surface area contributed by atoms with Crippen molar-refractivity contribution in [2.75, 3.05) is 44.3 Å². The Bertz CT molecular complexity index is 1340. The van der Waals surface area contributed by atoms with Crippen LogP contribution in [0.1, 0.15) is 66.3 Å². The number of nitrogens with zero attached hydrogens (tertiary/aromatic N) is 2. The van der Waals surface area contributed by atoms with Crippen molar-refractivity contribution < 1.29 is 37.7 Å². The van der Waals surface area contributed by atoms with E-state index in [2.05, 4.69) is 9.62 Å². The maximum absolute atomic E-state index is 14.1. The molecule has 0 unspecified atom stereocenters. The summed E-state index contributed by atoms with van der Waals surface area (Å²) in [7, 11) is -1.61. The monoisotopic (exact) mass is 619 g/mol. The predicted octanol–water partition coefficient (Wildman–Crippen LogP) is 3.68. The van der Waals surface area contributed by atoms with Crippen LogP contribution in [0, 0.1) is 5.92 Å². The number of aromatic carboxylic acids is 1. The van der Waals surface area contributed by atoms with Gasteiger partial charge in [0.15, 0.2) is 0 Å². The van der Waals surface area contributed by atoms with Crippen molar-refractivity contribution in [3.05, 3.63) is 59.2 Å². The van der Waals surface area contributed by atoms with Gasteiger partial charge >= 0.3 is 5.97 Å². The van der Waals surface area contributed by atoms with E-state index in [4.69, 9.17) is 9.47 Å². The van der Waals surface area contributed by atoms with Crippen LogP contribution < -0.4 is 9.46 Å². The molecule has 43 heavy (non-hydrogen) atoms. The summed E-state index contributed by atoms with van der Waals surface area (Å²) in [6.45, 7) is 7.42. The van der Waals surface area contributed by atoms with Gasteiger partial charge in [-0.3, -0.25) is 14.4 Å². The Labute approximate surface area is 254 Å². The summed E-state index contributed by atoms with van der Waals surface area (Å²) in [5.41, 5.74) is 1.66. The molecule has 0 aromatic heterocycles. The largest absolute Gasteiger partial charge is 0.490 e. The Morgan fingerprint density at radius 1 is 1.16 bits per heavy atom. The van der Waals surface area contributed by atoms with Crippen LogP contribution in [0.5, 0.6) is 5.75 Å². The second kappa shape index (κ2) is 15.5. The number of aliphatic hydroxyl groups excluding tert-OH is 1. The lowest BCUT2D eigenvalue weighted by Crippen LogP contribution is -2.47. The third-order valence-electron chi connectivity index (χ3n) is 7.50. The summed E-state index contributed by atoms with van der Waals surface area (Å²) in [4.78, 5) is 29.0. The van der Waals surface area contributed by atoms with Crippen molar-refractivity contribution in [3.8, 4) is 5.75 Å². The Hall–Kier alpha value is -3.19. The van der Waals surface area contributed by atoms with Crippen LogP contribution in [0.15, 0.2) is 42.5 Å². The number of fused-ring (bicyclic) bond motifs is 1. The Morgan fingerprint density at radius 2 is 1.86 bits per heavy atom. The Kier molecular flexibility index (Phi) is 12.4. The van der Waals surface area contributed by atoms with Crippen molar-refractivity contribution in [2.24, 2.45) is 5.92 Å². The molecule has 238 valence electrons. The van der Waals surface area contributed by atoms with Crippen LogP contribution in [0.4, 0.5) is 5.69 Å². The minimum atomic E-state index is -3.57. The summed E-state index contributed by atoms with van der Waals surface area (Å²) in [5, 5.41) is 19.3. The molecule has 3 rings (SSSR count). The van der Waals surface area contributed by atoms with Gasteiger partial charge in [-0.1, -0.05) is 19.1 Å². The first-order valence-electron chi connectivity index (χ1n) is 14.6. The first kappa shape index (κ1) is 34.3. The molecule has 0 aliphatic carbocycles. The molecular weight excluding hydrogens is 574 g/mol. The number of ether oxygens (including phenoxy) is 2. The zero-order valence-electron chi connectivity index (χ0n) is 25.7. The zero-order valence-corrected chi connectivity index (χ0v) is 26.5. The van der Waals surface area contributed by atoms with Gasteiger partial charge < -0.3 is 24.6 Å². The van der Waals surface area contributed by atoms with Gasteiger partial charge in [0.25, 0.3) is 5.91 Å². The van der Waals surface area contributed by atoms with Gasteiger partial charge in [-0.25, -0.2) is 13.2 Å². The molecule has 0 saturated carbocycles. The molecule has 0 spiro atoms. The fourth-order valence-corrected chi connectivity index (χ4v) is 5.65. The number of rotatable bonds is 9. The highest BCUT2D eigenvalue weighted by molar-refractivity contribution is 7.92. The number of hydrogen-bond donors (Lipinski definition) is 3. The van der Waals surface area contributed by atoms with E-state index < -0.39 is 22.0 Å². The topological polar surface area (TPSA) is 146 Å². The lowest BCUT2D eigenvalue weighted by molar-refractivity contribution is -0.0177. The first-order valence-corrected chi connectivity index (χ1v) is 16.5. The number of sulfonamides is 1. The van der Waals surface area contributed by atoms with E-state index in [1.165, 1.54) is 6.07 Å². The SMILES string of the molecule is C[C@@H]1CN([C@@H](C)CO)C(=O)c2cc(NS(C)(=O)=O)ccc2O[C@@H](C)CCCCO[C@@H]1CN(C)Cc1ccc(C(=O)O)cc1. The number of hydrogen-bond acceptors (Lipinski definition) is 8. The van der Waals surface area contributed by atoms with Gasteiger partial charge in [0, 0.05) is 37.8 Å². The smallest absolute Gasteiger partial charge is 0.335 e. The van der Waals surface area contributed by atoms with Crippen molar-refractivity contribution >= 4 is 27.6 Å². The van der Waals surface area contributed by atoms with Crippen LogP contribution in [0.2, 0.25) is 0 Å². The Morgan fingerprint density at radius 3 is 2.49 bits per heavy atom. The number of likely N-dealkylation sites (N-methyl/N-ethyl adjacent to an activating group) is 1. The van der Waals surface area contributed by atoms with Crippen LogP contribution >= 0.6 is 0 Å². The van der Waals surface area contributed by atoms with E-state index in [0.717, 1.165) is 31.1 Å². The highest BCUT2D eigenvalue weighted by atomic mass is 32.2. The molecule has 0 fully saturated rings. The Balaban J connectivity index is 1.89. The van der Waals surface area contributed by atoms with Gasteiger partial charge in [0.05, 0.1) is 42.2 Å². The number of aliphatic hydroxyl groups is 1. The molecule has 4 atom stereocenters. The van der Waals surface area contributed by atoms with E-state index in [-0.39, 0.29) is 54.0 Å². The number of amides is 1. The van der Waals surface area contributed by atoms with Crippen molar-refractivity contribution in [2.45, 2.75) is 64.8 Å². The summed E-state index contributed by atoms with van der Waals surface area (Å²) in [6.07, 6.45) is 3.04. The van der Waals surface area contributed by atoms with Crippen LogP contribution in [-0.2, 0) is 21.3 Å². The zero-order chi connectivity index (χ0) is 31.7. The first-order chi connectivity index (χ1) is 20.3. The summed E-state index contributed by atoms with van der Waals surface area (Å²) >= 11 is 0. The number of carboxylic acid groups (broad SMARTS) is 1. The maximum Gasteiger partial charge on any atom is 0.335 e. The minimum absolute atomic E-state index is 0.127. The van der Waals surface area contributed by atoms with Gasteiger partial charge in [-0.2, -0.15) is 0 Å². The number of carbonyl (C=O) groups is 2. The highest BCUT2D eigenvalue weighted by Gasteiger charge is 2.30. The molecule has 11 nitrogen and oxygen atoms in total. The van der Waals surface area contributed by atoms with E-state index in [0.29, 0.717) is 25.4 Å². The lowest BCUT2D eigenvalue weighted by atomic mass is 10.0. The molecule has 1 aliphatic heterocycles. The highest BCUT2D eigenvalue weighted by Crippen LogP contribution is 2.29. The molecule has 1 aliphatic rings. The van der Waals surface area contributed by atoms with Gasteiger partial charge in [-0.15, -0.1) is 0 Å². The predicted molar refractivity (Wildman–Crippen MR) is 165 cm³/mol. The second-order valence-corrected chi connectivity index (χ2v) is 13.3. The summed E-state index contributed by atoms with van der Waals surface area (Å²) < 4.78 is 38.8. The molecule has 0 radical (unpaired) electrons. The maximum atomic E-state index is 14.1. The number of nitrogens with one attached hydrogen (secondary N) is 1. The minimum Gasteiger partial charge on any atom is -0.490 e. The standard InChI is InChI=1S/C31H45N3O8S/c1-21-17-34(22(2)20-35)30(36)27-16-26(32-43(5,39)40)13-14-28(27)42-23(3)8-6-7-15-41-29(21)19-33(4)18-24-9-11-25(12-10-24)31(37)38/h9-14,16,21-23,29,32,35H,6-8,15,17-20H2,1-5H3,(H,37,38)/t21-,22+,23+,29-/m1/s1. The van der Waals surface area contributed by atoms with Crippen LogP contribution in [0.25, 0.3) is 0 Å². The van der Waals surface area contributed by atoms with E-state index in [9.17, 15) is 28.2 Å². The second-order valence-electron chi connectivity index (χ2n) is 11.6. The van der Waals surface area contributed by atoms with Crippen molar-refractivity contribution in [1.82, 2.24) is 9.80 Å². The average molecular weight is 620 g/mol. The van der Waals surface area contributed by atoms with Crippen molar-refractivity contribution in [3.63, 3.8) is 0 Å². The summed E-state index contributed by atoms with van der Waals surface area (Å²) in [5.74, 6) is -1.11. The fraction of sp³-hybridized carbons (Fsp3) is 0.548. The van der Waals surface area contributed by atoms with Crippen LogP contribution in [-0.4, -0.2) is 98.2 Å². The van der Waals surface area contributed by atoms with E-state index in [1.54, 1.807) is 48.2 Å². The van der Waals surface area contributed by atoms with Crippen LogP contribution in [0.3, 0.4) is 0 Å². The third kappa shape index (κ3) is 10.5. The molecule has 2 aromatic rings. The van der Waals surface area contributed by atoms with E-state index in [1.807, 2.05) is 20.9 Å². The third-order valence-corrected chi connectivity index (χ3v) is 8.11. The molecule has 3 N–H and O–H groups in total. The normalized spacial score (nSPS) is 21.4. The quantitative estimate of drug-likeness (QED) is 0.383. The molecule has 1 heterocycles. The number of anilines is 1. The average Bonchev–Trinajstić information content (AvgIpc) is 2.94. The van der Waals surface area contributed by atoms with Gasteiger partial charge in [0.2, 0.25) is 10.0 Å². The molecule has 0 bridgehead atoms.